The largest absolute Gasteiger partial charge is 0.387 e. The Morgan fingerprint density at radius 1 is 1.43 bits per heavy atom. The van der Waals surface area contributed by atoms with E-state index < -0.39 is 6.10 Å². The monoisotopic (exact) mass is 191 g/mol. The zero-order valence-electron chi connectivity index (χ0n) is 8.48. The molecule has 2 nitrogen and oxygen atoms in total. The van der Waals surface area contributed by atoms with E-state index in [1.54, 1.807) is 6.08 Å². The third kappa shape index (κ3) is 2.98. The van der Waals surface area contributed by atoms with Crippen molar-refractivity contribution < 1.29 is 5.11 Å². The van der Waals surface area contributed by atoms with Gasteiger partial charge in [0.1, 0.15) is 0 Å². The van der Waals surface area contributed by atoms with Crippen molar-refractivity contribution in [2.24, 2.45) is 0 Å². The Morgan fingerprint density at radius 3 is 2.57 bits per heavy atom. The van der Waals surface area contributed by atoms with Gasteiger partial charge in [-0.15, -0.1) is 6.58 Å². The molecule has 0 bridgehead atoms. The minimum Gasteiger partial charge on any atom is -0.387 e. The van der Waals surface area contributed by atoms with Gasteiger partial charge in [0.15, 0.2) is 0 Å². The first-order chi connectivity index (χ1) is 6.77. The van der Waals surface area contributed by atoms with Gasteiger partial charge in [-0.2, -0.15) is 0 Å². The fourth-order valence-electron chi connectivity index (χ4n) is 1.43. The van der Waals surface area contributed by atoms with E-state index in [4.69, 9.17) is 0 Å². The van der Waals surface area contributed by atoms with Gasteiger partial charge in [0, 0.05) is 6.04 Å². The number of aliphatic hydroxyl groups is 1. The maximum Gasteiger partial charge on any atom is 0.0874 e. The van der Waals surface area contributed by atoms with E-state index in [2.05, 4.69) is 24.0 Å². The molecule has 0 saturated carbocycles. The second-order valence-electron chi connectivity index (χ2n) is 3.31. The second-order valence-corrected chi connectivity index (χ2v) is 3.31. The fraction of sp³-hybridized carbons (Fsp3) is 0.333. The lowest BCUT2D eigenvalue weighted by molar-refractivity contribution is 0.176. The Balaban J connectivity index is 2.61. The Morgan fingerprint density at radius 2 is 2.07 bits per heavy atom. The molecule has 2 atom stereocenters. The van der Waals surface area contributed by atoms with E-state index in [1.165, 1.54) is 5.56 Å². The molecule has 2 heteroatoms. The quantitative estimate of drug-likeness (QED) is 0.689. The van der Waals surface area contributed by atoms with Crippen LogP contribution in [0.3, 0.4) is 0 Å². The van der Waals surface area contributed by atoms with Gasteiger partial charge in [-0.1, -0.05) is 36.4 Å². The first kappa shape index (κ1) is 11.0. The summed E-state index contributed by atoms with van der Waals surface area (Å²) >= 11 is 0. The van der Waals surface area contributed by atoms with E-state index in [1.807, 2.05) is 25.2 Å². The molecule has 0 radical (unpaired) electrons. The molecule has 2 unspecified atom stereocenters. The van der Waals surface area contributed by atoms with E-state index in [0.29, 0.717) is 0 Å². The summed E-state index contributed by atoms with van der Waals surface area (Å²) in [6, 6.07) is 10.1. The highest BCUT2D eigenvalue weighted by molar-refractivity contribution is 5.16. The van der Waals surface area contributed by atoms with Crippen molar-refractivity contribution in [3.63, 3.8) is 0 Å². The van der Waals surface area contributed by atoms with Gasteiger partial charge >= 0.3 is 0 Å². The molecule has 14 heavy (non-hydrogen) atoms. The summed E-state index contributed by atoms with van der Waals surface area (Å²) in [7, 11) is 1.85. The molecule has 0 aromatic heterocycles. The van der Waals surface area contributed by atoms with Crippen molar-refractivity contribution in [3.8, 4) is 0 Å². The number of rotatable bonds is 5. The third-order valence-corrected chi connectivity index (χ3v) is 2.32. The number of benzene rings is 1. The van der Waals surface area contributed by atoms with Gasteiger partial charge in [0.25, 0.3) is 0 Å². The summed E-state index contributed by atoms with van der Waals surface area (Å²) in [5.74, 6) is 0. The van der Waals surface area contributed by atoms with E-state index in [9.17, 15) is 5.11 Å². The number of nitrogens with one attached hydrogen (secondary N) is 1. The lowest BCUT2D eigenvalue weighted by atomic mass is 10.0. The van der Waals surface area contributed by atoms with Gasteiger partial charge in [-0.3, -0.25) is 0 Å². The molecule has 0 aliphatic carbocycles. The van der Waals surface area contributed by atoms with Gasteiger partial charge in [-0.25, -0.2) is 0 Å². The molecular weight excluding hydrogens is 174 g/mol. The van der Waals surface area contributed by atoms with Crippen LogP contribution in [0.1, 0.15) is 5.56 Å². The zero-order chi connectivity index (χ0) is 10.4. The second kappa shape index (κ2) is 5.58. The van der Waals surface area contributed by atoms with Crippen LogP contribution in [0.4, 0.5) is 0 Å². The molecule has 0 saturated heterocycles. The van der Waals surface area contributed by atoms with Crippen LogP contribution in [0.5, 0.6) is 0 Å². The number of hydrogen-bond acceptors (Lipinski definition) is 2. The van der Waals surface area contributed by atoms with Gasteiger partial charge in [0.05, 0.1) is 6.10 Å². The van der Waals surface area contributed by atoms with Crippen molar-refractivity contribution in [1.82, 2.24) is 5.32 Å². The van der Waals surface area contributed by atoms with Crippen LogP contribution in [-0.4, -0.2) is 24.3 Å². The van der Waals surface area contributed by atoms with Crippen LogP contribution >= 0.6 is 0 Å². The molecule has 0 heterocycles. The predicted molar refractivity (Wildman–Crippen MR) is 59.2 cm³/mol. The molecule has 2 N–H and O–H groups in total. The lowest BCUT2D eigenvalue weighted by Crippen LogP contribution is -2.38. The minimum atomic E-state index is -0.500. The van der Waals surface area contributed by atoms with E-state index >= 15 is 0 Å². The highest BCUT2D eigenvalue weighted by Gasteiger charge is 2.13. The van der Waals surface area contributed by atoms with Gasteiger partial charge in [0.2, 0.25) is 0 Å². The first-order valence-electron chi connectivity index (χ1n) is 4.79. The molecule has 1 aromatic rings. The maximum absolute atomic E-state index is 9.60. The molecule has 1 aromatic carbocycles. The molecule has 0 aliphatic rings. The van der Waals surface area contributed by atoms with Crippen LogP contribution in [-0.2, 0) is 6.42 Å². The summed E-state index contributed by atoms with van der Waals surface area (Å²) in [5, 5.41) is 12.7. The topological polar surface area (TPSA) is 32.3 Å². The minimum absolute atomic E-state index is 0.0369. The van der Waals surface area contributed by atoms with Crippen LogP contribution in [0.2, 0.25) is 0 Å². The van der Waals surface area contributed by atoms with E-state index in [-0.39, 0.29) is 6.04 Å². The molecule has 0 fully saturated rings. The SMILES string of the molecule is C=CC(O)C(Cc1ccccc1)NC. The smallest absolute Gasteiger partial charge is 0.0874 e. The van der Waals surface area contributed by atoms with Crippen LogP contribution in [0, 0.1) is 0 Å². The first-order valence-corrected chi connectivity index (χ1v) is 4.79. The average Bonchev–Trinajstić information content (AvgIpc) is 2.26. The predicted octanol–water partition coefficient (Wildman–Crippen LogP) is 1.36. The van der Waals surface area contributed by atoms with Crippen molar-refractivity contribution >= 4 is 0 Å². The fourth-order valence-corrected chi connectivity index (χ4v) is 1.43. The summed E-state index contributed by atoms with van der Waals surface area (Å²) in [4.78, 5) is 0. The van der Waals surface area contributed by atoms with Crippen LogP contribution < -0.4 is 5.32 Å². The zero-order valence-corrected chi connectivity index (χ0v) is 8.48. The van der Waals surface area contributed by atoms with Crippen molar-refractivity contribution in [2.75, 3.05) is 7.05 Å². The molecule has 0 aliphatic heterocycles. The van der Waals surface area contributed by atoms with Crippen molar-refractivity contribution in [2.45, 2.75) is 18.6 Å². The Hall–Kier alpha value is -1.12. The maximum atomic E-state index is 9.60. The molecule has 0 amide bonds. The number of likely N-dealkylation sites (N-methyl/N-ethyl adjacent to an activating group) is 1. The summed E-state index contributed by atoms with van der Waals surface area (Å²) in [6.45, 7) is 3.58. The van der Waals surface area contributed by atoms with E-state index in [0.717, 1.165) is 6.42 Å². The lowest BCUT2D eigenvalue weighted by Gasteiger charge is -2.19. The van der Waals surface area contributed by atoms with Crippen molar-refractivity contribution in [3.05, 3.63) is 48.6 Å². The van der Waals surface area contributed by atoms with Gasteiger partial charge in [-0.05, 0) is 19.0 Å². The standard InChI is InChI=1S/C12H17NO/c1-3-12(14)11(13-2)9-10-7-5-4-6-8-10/h3-8,11-14H,1,9H2,2H3. The Bertz CT molecular complexity index is 271. The van der Waals surface area contributed by atoms with Crippen LogP contribution in [0.25, 0.3) is 0 Å². The molecule has 76 valence electrons. The van der Waals surface area contributed by atoms with Gasteiger partial charge < -0.3 is 10.4 Å². The number of aliphatic hydroxyl groups excluding tert-OH is 1. The van der Waals surface area contributed by atoms with Crippen LogP contribution in [0.15, 0.2) is 43.0 Å². The Kier molecular flexibility index (Phi) is 4.36. The van der Waals surface area contributed by atoms with Crippen molar-refractivity contribution in [1.29, 1.82) is 0 Å². The normalized spacial score (nSPS) is 14.7. The summed E-state index contributed by atoms with van der Waals surface area (Å²) in [5.41, 5.74) is 1.22. The Labute approximate surface area is 85.3 Å². The molecule has 0 spiro atoms. The molecule has 1 rings (SSSR count). The average molecular weight is 191 g/mol. The summed E-state index contributed by atoms with van der Waals surface area (Å²) < 4.78 is 0. The highest BCUT2D eigenvalue weighted by Crippen LogP contribution is 2.06. The number of hydrogen-bond donors (Lipinski definition) is 2. The third-order valence-electron chi connectivity index (χ3n) is 2.32. The molecular formula is C12H17NO. The summed E-state index contributed by atoms with van der Waals surface area (Å²) in [6.07, 6.45) is 1.87. The highest BCUT2D eigenvalue weighted by atomic mass is 16.3.